The van der Waals surface area contributed by atoms with Crippen LogP contribution in [0.1, 0.15) is 119 Å². The summed E-state index contributed by atoms with van der Waals surface area (Å²) >= 11 is 1.61. The number of aliphatic hydroxyl groups excluding tert-OH is 1. The molecule has 3 fully saturated rings. The number of methoxy groups -OCH3 is 2. The van der Waals surface area contributed by atoms with Crippen LogP contribution in [0.15, 0.2) is 36.0 Å². The van der Waals surface area contributed by atoms with E-state index in [1.807, 2.05) is 33.1 Å². The first kappa shape index (κ1) is 50.3. The average Bonchev–Trinajstić information content (AvgIpc) is 3.23. The zero-order valence-electron chi connectivity index (χ0n) is 37.8. The van der Waals surface area contributed by atoms with Crippen LogP contribution in [0.3, 0.4) is 0 Å². The van der Waals surface area contributed by atoms with E-state index in [0.717, 1.165) is 18.4 Å². The number of ketones is 2. The number of amides is 1. The topological polar surface area (TPSA) is 158 Å². The summed E-state index contributed by atoms with van der Waals surface area (Å²) in [6.45, 7) is 15.5. The van der Waals surface area contributed by atoms with E-state index in [-0.39, 0.29) is 55.1 Å². The van der Waals surface area contributed by atoms with Crippen LogP contribution in [-0.2, 0) is 42.9 Å². The van der Waals surface area contributed by atoms with E-state index in [9.17, 15) is 29.4 Å². The highest BCUT2D eigenvalue weighted by atomic mass is 32.2. The molecule has 3 aliphatic heterocycles. The van der Waals surface area contributed by atoms with Crippen molar-refractivity contribution in [2.75, 3.05) is 33.0 Å². The van der Waals surface area contributed by atoms with Crippen LogP contribution in [-0.4, -0.2) is 120 Å². The number of thioether (sulfide) groups is 1. The highest BCUT2D eigenvalue weighted by Gasteiger charge is 2.56. The fourth-order valence-electron chi connectivity index (χ4n) is 10.1. The van der Waals surface area contributed by atoms with Crippen LogP contribution in [0.5, 0.6) is 0 Å². The quantitative estimate of drug-likeness (QED) is 0.101. The van der Waals surface area contributed by atoms with E-state index in [1.54, 1.807) is 45.9 Å². The second-order valence-corrected chi connectivity index (χ2v) is 19.0. The number of allylic oxidation sites excluding steroid dienone is 4. The van der Waals surface area contributed by atoms with Crippen molar-refractivity contribution < 1.29 is 53.1 Å². The van der Waals surface area contributed by atoms with Crippen LogP contribution in [0.25, 0.3) is 0 Å². The molecule has 0 aromatic heterocycles. The molecule has 1 saturated carbocycles. The largest absolute Gasteiger partial charge is 0.456 e. The normalized spacial score (nSPS) is 39.5. The molecule has 2 bridgehead atoms. The molecule has 1 amide bonds. The Balaban J connectivity index is 1.76. The molecular weight excluding hydrogens is 787 g/mol. The van der Waals surface area contributed by atoms with E-state index in [0.29, 0.717) is 62.9 Å². The number of carbonyl (C=O) groups is 4. The number of ether oxygens (including phenoxy) is 5. The van der Waals surface area contributed by atoms with Crippen molar-refractivity contribution in [2.24, 2.45) is 35.5 Å². The van der Waals surface area contributed by atoms with Crippen molar-refractivity contribution in [1.82, 2.24) is 4.90 Å². The molecule has 12 nitrogen and oxygen atoms in total. The van der Waals surface area contributed by atoms with Crippen molar-refractivity contribution >= 4 is 35.2 Å². The Kier molecular flexibility index (Phi) is 19.5. The van der Waals surface area contributed by atoms with Gasteiger partial charge < -0.3 is 38.8 Å². The minimum absolute atomic E-state index is 0.0338. The molecule has 0 aromatic carbocycles. The number of piperidine rings is 1. The van der Waals surface area contributed by atoms with Gasteiger partial charge in [0.1, 0.15) is 17.9 Å². The number of nitrogens with zero attached hydrogens (tertiary/aromatic N) is 1. The molecule has 2 saturated heterocycles. The Morgan fingerprint density at radius 3 is 2.38 bits per heavy atom. The molecular formula is C47H75NO11S. The lowest BCUT2D eigenvalue weighted by molar-refractivity contribution is -0.296. The van der Waals surface area contributed by atoms with Gasteiger partial charge >= 0.3 is 5.97 Å². The van der Waals surface area contributed by atoms with Gasteiger partial charge in [0.15, 0.2) is 0 Å². The van der Waals surface area contributed by atoms with Gasteiger partial charge in [-0.25, -0.2) is 4.79 Å². The van der Waals surface area contributed by atoms with Crippen molar-refractivity contribution in [1.29, 1.82) is 0 Å². The lowest BCUT2D eigenvalue weighted by Gasteiger charge is -2.47. The number of Topliss-reactive ketones (excluding diaryl/α,β-unsaturated/α-hetero) is 2. The van der Waals surface area contributed by atoms with E-state index in [4.69, 9.17) is 23.7 Å². The van der Waals surface area contributed by atoms with E-state index in [1.165, 1.54) is 4.90 Å². The third-order valence-electron chi connectivity index (χ3n) is 13.6. The van der Waals surface area contributed by atoms with Crippen molar-refractivity contribution in [3.8, 4) is 0 Å². The SMILES string of the molecule is C=CC[C@@H]1/C=C(\C)C[C@H](C)C[C@H](CC)[C@H]2O[C@@](O)(C(=O)C(=O)N3CCCC[C@H]3C(=O)O[C@H](/C(C)=C/[C@@H]3CC[C@@H](OCSC)[C@H](OC)C3)[C@H](C)[C@@H](O)CC1=O)[C@H](C)C[C@@H]2OC. The first-order valence-corrected chi connectivity index (χ1v) is 23.7. The molecule has 1 aliphatic carbocycles. The molecule has 340 valence electrons. The number of carbonyl (C=O) groups excluding carboxylic acids is 4. The van der Waals surface area contributed by atoms with Crippen molar-refractivity contribution in [2.45, 2.75) is 167 Å². The maximum Gasteiger partial charge on any atom is 0.329 e. The number of rotatable bonds is 10. The zero-order valence-corrected chi connectivity index (χ0v) is 38.6. The third-order valence-corrected chi connectivity index (χ3v) is 14.0. The fraction of sp³-hybridized carbons (Fsp3) is 0.787. The molecule has 0 spiro atoms. The number of hydrogen-bond donors (Lipinski definition) is 2. The first-order chi connectivity index (χ1) is 28.5. The summed E-state index contributed by atoms with van der Waals surface area (Å²) in [5, 5.41) is 23.9. The molecule has 4 aliphatic rings. The summed E-state index contributed by atoms with van der Waals surface area (Å²) in [5.41, 5.74) is 1.74. The maximum absolute atomic E-state index is 14.4. The molecule has 14 atom stereocenters. The summed E-state index contributed by atoms with van der Waals surface area (Å²) in [6.07, 6.45) is 10.7. The van der Waals surface area contributed by atoms with E-state index >= 15 is 0 Å². The molecule has 60 heavy (non-hydrogen) atoms. The number of esters is 1. The Bertz CT molecular complexity index is 1530. The fourth-order valence-corrected chi connectivity index (χ4v) is 10.4. The van der Waals surface area contributed by atoms with Crippen LogP contribution in [0.2, 0.25) is 0 Å². The highest BCUT2D eigenvalue weighted by molar-refractivity contribution is 7.98. The molecule has 0 radical (unpaired) electrons. The monoisotopic (exact) mass is 862 g/mol. The van der Waals surface area contributed by atoms with Crippen LogP contribution in [0.4, 0.5) is 0 Å². The van der Waals surface area contributed by atoms with Gasteiger partial charge in [0.2, 0.25) is 5.79 Å². The molecule has 0 aromatic rings. The predicted molar refractivity (Wildman–Crippen MR) is 233 cm³/mol. The van der Waals surface area contributed by atoms with Crippen LogP contribution >= 0.6 is 11.8 Å². The van der Waals surface area contributed by atoms with Gasteiger partial charge in [0.25, 0.3) is 11.7 Å². The van der Waals surface area contributed by atoms with Gasteiger partial charge in [-0.05, 0) is 108 Å². The third kappa shape index (κ3) is 12.4. The standard InChI is InChI=1S/C47H75NO11S/c1-11-15-35-22-29(4)20-28(3)21-34(12-2)43-41(56-9)24-31(6)47(54,59-43)44(51)45(52)48-19-14-13-16-36(48)46(53)58-42(32(7)37(49)26-38(35)50)30(5)23-33-17-18-39(57-27-60-10)40(25-33)55-8/h11,22-23,28,31-37,39-43,49,54H,1,12-21,24-27H2,2-10H3/b29-22+,30-23+/t28-,31+,32+,33-,34-,35+,36-,37-,39+,40+,41-,42+,43+,47+/m0/s1. The minimum atomic E-state index is -2.42. The average molecular weight is 862 g/mol. The smallest absolute Gasteiger partial charge is 0.329 e. The van der Waals surface area contributed by atoms with Gasteiger partial charge in [-0.1, -0.05) is 57.9 Å². The lowest BCUT2D eigenvalue weighted by atomic mass is 9.78. The molecule has 4 rings (SSSR count). The molecule has 3 heterocycles. The van der Waals surface area contributed by atoms with E-state index < -0.39 is 71.7 Å². The predicted octanol–water partition coefficient (Wildman–Crippen LogP) is 7.00. The van der Waals surface area contributed by atoms with Crippen LogP contribution in [0, 0.1) is 35.5 Å². The number of hydrogen-bond acceptors (Lipinski definition) is 12. The van der Waals surface area contributed by atoms with Crippen molar-refractivity contribution in [3.63, 3.8) is 0 Å². The van der Waals surface area contributed by atoms with Gasteiger partial charge in [-0.2, -0.15) is 0 Å². The maximum atomic E-state index is 14.4. The van der Waals surface area contributed by atoms with Gasteiger partial charge in [-0.15, -0.1) is 18.3 Å². The Hall–Kier alpha value is -2.39. The van der Waals surface area contributed by atoms with Gasteiger partial charge in [0, 0.05) is 44.9 Å². The summed E-state index contributed by atoms with van der Waals surface area (Å²) in [4.78, 5) is 58.3. The molecule has 13 heteroatoms. The Morgan fingerprint density at radius 2 is 1.73 bits per heavy atom. The molecule has 2 N–H and O–H groups in total. The summed E-state index contributed by atoms with van der Waals surface area (Å²) in [7, 11) is 3.27. The summed E-state index contributed by atoms with van der Waals surface area (Å²) in [6, 6.07) is -1.10. The van der Waals surface area contributed by atoms with Crippen molar-refractivity contribution in [3.05, 3.63) is 36.0 Å². The zero-order chi connectivity index (χ0) is 44.3. The summed E-state index contributed by atoms with van der Waals surface area (Å²) < 4.78 is 30.6. The molecule has 0 unspecified atom stereocenters. The highest BCUT2D eigenvalue weighted by Crippen LogP contribution is 2.41. The lowest BCUT2D eigenvalue weighted by Crippen LogP contribution is -2.63. The first-order valence-electron chi connectivity index (χ1n) is 22.3. The number of cyclic esters (lactones) is 1. The second kappa shape index (κ2) is 23.3. The Labute approximate surface area is 363 Å². The minimum Gasteiger partial charge on any atom is -0.456 e. The Morgan fingerprint density at radius 1 is 1.02 bits per heavy atom. The van der Waals surface area contributed by atoms with Crippen LogP contribution < -0.4 is 0 Å². The van der Waals surface area contributed by atoms with Gasteiger partial charge in [0.05, 0.1) is 36.5 Å². The summed E-state index contributed by atoms with van der Waals surface area (Å²) in [5.74, 6) is -6.66. The number of fused-ring (bicyclic) bond motifs is 3. The second-order valence-electron chi connectivity index (χ2n) is 18.2. The van der Waals surface area contributed by atoms with E-state index in [2.05, 4.69) is 19.6 Å². The number of aliphatic hydroxyl groups is 2. The van der Waals surface area contributed by atoms with Gasteiger partial charge in [-0.3, -0.25) is 14.4 Å².